The van der Waals surface area contributed by atoms with Crippen molar-refractivity contribution in [2.75, 3.05) is 5.32 Å². The molecule has 2 aromatic rings. The van der Waals surface area contributed by atoms with Crippen molar-refractivity contribution in [1.29, 1.82) is 0 Å². The van der Waals surface area contributed by atoms with Crippen LogP contribution in [-0.2, 0) is 17.6 Å². The Morgan fingerprint density at radius 1 is 1.03 bits per heavy atom. The summed E-state index contributed by atoms with van der Waals surface area (Å²) in [5.41, 5.74) is 2.25. The van der Waals surface area contributed by atoms with Crippen LogP contribution in [0.1, 0.15) is 58.2 Å². The molecule has 1 aliphatic carbocycles. The van der Waals surface area contributed by atoms with Crippen LogP contribution in [0.3, 0.4) is 0 Å². The van der Waals surface area contributed by atoms with Crippen LogP contribution in [0.5, 0.6) is 0 Å². The van der Waals surface area contributed by atoms with E-state index in [1.54, 1.807) is 6.07 Å². The normalized spacial score (nSPS) is 14.2. The van der Waals surface area contributed by atoms with E-state index < -0.39 is 29.4 Å². The maximum absolute atomic E-state index is 12.6. The highest BCUT2D eigenvalue weighted by Crippen LogP contribution is 2.19. The van der Waals surface area contributed by atoms with Crippen molar-refractivity contribution < 1.29 is 19.5 Å². The number of carbonyl (C=O) groups is 3. The lowest BCUT2D eigenvalue weighted by atomic mass is 10.1. The zero-order valence-electron chi connectivity index (χ0n) is 16.1. The molecule has 8 heteroatoms. The van der Waals surface area contributed by atoms with Crippen LogP contribution < -0.4 is 16.2 Å². The van der Waals surface area contributed by atoms with Gasteiger partial charge in [-0.05, 0) is 68.5 Å². The third kappa shape index (κ3) is 4.90. The molecule has 0 saturated heterocycles. The van der Waals surface area contributed by atoms with Crippen molar-refractivity contribution in [1.82, 2.24) is 10.3 Å². The predicted octanol–water partition coefficient (Wildman–Crippen LogP) is 2.10. The monoisotopic (exact) mass is 397 g/mol. The number of H-pyrrole nitrogens is 1. The van der Waals surface area contributed by atoms with E-state index >= 15 is 0 Å². The van der Waals surface area contributed by atoms with Gasteiger partial charge in [-0.25, -0.2) is 0 Å². The second-order valence-electron chi connectivity index (χ2n) is 7.14. The minimum atomic E-state index is -1.13. The van der Waals surface area contributed by atoms with Gasteiger partial charge in [0, 0.05) is 16.9 Å². The van der Waals surface area contributed by atoms with Gasteiger partial charge in [-0.3, -0.25) is 19.2 Å². The van der Waals surface area contributed by atoms with E-state index in [0.29, 0.717) is 5.69 Å². The zero-order chi connectivity index (χ0) is 21.0. The van der Waals surface area contributed by atoms with E-state index in [2.05, 4.69) is 15.6 Å². The third-order valence-corrected chi connectivity index (χ3v) is 4.96. The molecule has 0 aliphatic heterocycles. The molecule has 0 bridgehead atoms. The van der Waals surface area contributed by atoms with Gasteiger partial charge in [0.15, 0.2) is 0 Å². The van der Waals surface area contributed by atoms with Crippen molar-refractivity contribution in [3.8, 4) is 0 Å². The summed E-state index contributed by atoms with van der Waals surface area (Å²) in [6.07, 6.45) is 4.81. The number of hydrogen-bond acceptors (Lipinski definition) is 4. The number of carboxylic acids is 1. The number of amides is 2. The standard InChI is InChI=1S/C21H23N3O5/c1-12(21(28)29)22-18(25)13-7-9-15(10-8-13)23-19(26)16-11-14-5-3-2-4-6-17(14)24-20(16)27/h7-12H,2-6H2,1H3,(H,22,25)(H,23,26)(H,24,27)(H,28,29). The summed E-state index contributed by atoms with van der Waals surface area (Å²) in [4.78, 5) is 50.6. The van der Waals surface area contributed by atoms with Crippen molar-refractivity contribution in [2.24, 2.45) is 0 Å². The lowest BCUT2D eigenvalue weighted by Crippen LogP contribution is -2.38. The number of fused-ring (bicyclic) bond motifs is 1. The Bertz CT molecular complexity index is 994. The Balaban J connectivity index is 1.71. The number of aromatic nitrogens is 1. The topological polar surface area (TPSA) is 128 Å². The van der Waals surface area contributed by atoms with E-state index in [-0.39, 0.29) is 11.1 Å². The van der Waals surface area contributed by atoms with E-state index in [1.807, 2.05) is 0 Å². The van der Waals surface area contributed by atoms with E-state index in [4.69, 9.17) is 5.11 Å². The molecule has 29 heavy (non-hydrogen) atoms. The highest BCUT2D eigenvalue weighted by molar-refractivity contribution is 6.04. The van der Waals surface area contributed by atoms with Gasteiger partial charge in [0.1, 0.15) is 11.6 Å². The molecule has 152 valence electrons. The quantitative estimate of drug-likeness (QED) is 0.575. The van der Waals surface area contributed by atoms with Crippen molar-refractivity contribution in [2.45, 2.75) is 45.1 Å². The van der Waals surface area contributed by atoms with Crippen molar-refractivity contribution in [3.63, 3.8) is 0 Å². The molecule has 1 atom stereocenters. The molecule has 1 aromatic heterocycles. The summed E-state index contributed by atoms with van der Waals surface area (Å²) in [5.74, 6) is -2.18. The number of hydrogen-bond donors (Lipinski definition) is 4. The maximum Gasteiger partial charge on any atom is 0.325 e. The van der Waals surface area contributed by atoms with Gasteiger partial charge in [-0.2, -0.15) is 0 Å². The molecule has 0 fully saturated rings. The number of anilines is 1. The summed E-state index contributed by atoms with van der Waals surface area (Å²) in [5, 5.41) is 13.9. The first kappa shape index (κ1) is 20.3. The van der Waals surface area contributed by atoms with Crippen LogP contribution in [-0.4, -0.2) is 33.9 Å². The number of carbonyl (C=O) groups excluding carboxylic acids is 2. The lowest BCUT2D eigenvalue weighted by Gasteiger charge is -2.11. The van der Waals surface area contributed by atoms with Crippen LogP contribution in [0, 0.1) is 0 Å². The molecule has 1 heterocycles. The maximum atomic E-state index is 12.6. The number of carboxylic acid groups (broad SMARTS) is 1. The first-order valence-corrected chi connectivity index (χ1v) is 9.55. The van der Waals surface area contributed by atoms with Crippen LogP contribution in [0.4, 0.5) is 5.69 Å². The van der Waals surface area contributed by atoms with E-state index in [9.17, 15) is 19.2 Å². The van der Waals surface area contributed by atoms with E-state index in [1.165, 1.54) is 31.2 Å². The lowest BCUT2D eigenvalue weighted by molar-refractivity contribution is -0.138. The Morgan fingerprint density at radius 2 is 1.72 bits per heavy atom. The van der Waals surface area contributed by atoms with Gasteiger partial charge >= 0.3 is 5.97 Å². The fourth-order valence-corrected chi connectivity index (χ4v) is 3.27. The number of benzene rings is 1. The van der Waals surface area contributed by atoms with Crippen molar-refractivity contribution >= 4 is 23.5 Å². The Morgan fingerprint density at radius 3 is 2.41 bits per heavy atom. The molecule has 4 N–H and O–H groups in total. The van der Waals surface area contributed by atoms with Crippen LogP contribution in [0.25, 0.3) is 0 Å². The highest BCUT2D eigenvalue weighted by atomic mass is 16.4. The second kappa shape index (κ2) is 8.72. The predicted molar refractivity (Wildman–Crippen MR) is 107 cm³/mol. The molecule has 1 aromatic carbocycles. The fraction of sp³-hybridized carbons (Fsp3) is 0.333. The summed E-state index contributed by atoms with van der Waals surface area (Å²) in [7, 11) is 0. The third-order valence-electron chi connectivity index (χ3n) is 4.96. The van der Waals surface area contributed by atoms with Crippen LogP contribution in [0.15, 0.2) is 35.1 Å². The Labute approximate surface area is 167 Å². The van der Waals surface area contributed by atoms with Crippen LogP contribution in [0.2, 0.25) is 0 Å². The number of pyridine rings is 1. The molecule has 1 unspecified atom stereocenters. The molecule has 2 amide bonds. The summed E-state index contributed by atoms with van der Waals surface area (Å²) < 4.78 is 0. The van der Waals surface area contributed by atoms with Gasteiger partial charge < -0.3 is 20.7 Å². The molecular formula is C21H23N3O5. The van der Waals surface area contributed by atoms with Crippen LogP contribution >= 0.6 is 0 Å². The van der Waals surface area contributed by atoms with Crippen molar-refractivity contribution in [3.05, 3.63) is 63.1 Å². The SMILES string of the molecule is CC(NC(=O)c1ccc(NC(=O)c2cc3c([nH]c2=O)CCCCC3)cc1)C(=O)O. The number of aliphatic carboxylic acids is 1. The van der Waals surface area contributed by atoms with Gasteiger partial charge in [-0.15, -0.1) is 0 Å². The van der Waals surface area contributed by atoms with Gasteiger partial charge in [0.25, 0.3) is 17.4 Å². The van der Waals surface area contributed by atoms with E-state index in [0.717, 1.165) is 43.4 Å². The Hall–Kier alpha value is -3.42. The van der Waals surface area contributed by atoms with Gasteiger partial charge in [0.2, 0.25) is 0 Å². The minimum absolute atomic E-state index is 0.0581. The largest absolute Gasteiger partial charge is 0.480 e. The average Bonchev–Trinajstić information content (AvgIpc) is 2.92. The summed E-state index contributed by atoms with van der Waals surface area (Å²) in [6, 6.07) is 6.65. The number of rotatable bonds is 5. The smallest absolute Gasteiger partial charge is 0.325 e. The molecule has 0 spiro atoms. The Kier molecular flexibility index (Phi) is 6.11. The molecular weight excluding hydrogens is 374 g/mol. The molecule has 0 saturated carbocycles. The second-order valence-corrected chi connectivity index (χ2v) is 7.14. The number of nitrogens with one attached hydrogen (secondary N) is 3. The fourth-order valence-electron chi connectivity index (χ4n) is 3.27. The summed E-state index contributed by atoms with van der Waals surface area (Å²) in [6.45, 7) is 1.37. The number of aryl methyl sites for hydroxylation is 2. The molecule has 8 nitrogen and oxygen atoms in total. The molecule has 3 rings (SSSR count). The first-order valence-electron chi connectivity index (χ1n) is 9.55. The zero-order valence-corrected chi connectivity index (χ0v) is 16.1. The molecule has 1 aliphatic rings. The first-order chi connectivity index (χ1) is 13.8. The number of aromatic amines is 1. The average molecular weight is 397 g/mol. The minimum Gasteiger partial charge on any atom is -0.480 e. The highest BCUT2D eigenvalue weighted by Gasteiger charge is 2.18. The van der Waals surface area contributed by atoms with Gasteiger partial charge in [0.05, 0.1) is 0 Å². The summed E-state index contributed by atoms with van der Waals surface area (Å²) >= 11 is 0. The van der Waals surface area contributed by atoms with Gasteiger partial charge in [-0.1, -0.05) is 6.42 Å². The molecule has 0 radical (unpaired) electrons.